The zero-order valence-electron chi connectivity index (χ0n) is 35.7. The van der Waals surface area contributed by atoms with Crippen LogP contribution in [-0.4, -0.2) is 109 Å². The standard InChI is InChI=1S/C48H60N2O11/c1-4-58-47(55)46-36(26-52)40(30-22-31(25-51)42(54)34(23-30)28-11-12-38-29(21-28)13-16-49-38)41-44(59-33-9-6-5-7-10-33)35-24-39(60-43(35)37(27-53)45(41)61-46)48(2,56)32-14-18-50(19-15-32)17-8-20-57-3/h11-13,21,26,31-34,39,51,53,56H,4-10,14-20,22-25,27H2,1-3H3. The van der Waals surface area contributed by atoms with E-state index in [2.05, 4.69) is 9.89 Å². The third-order valence-corrected chi connectivity index (χ3v) is 13.9. The second-order valence-corrected chi connectivity index (χ2v) is 17.6. The maximum absolute atomic E-state index is 14.2. The van der Waals surface area contributed by atoms with Crippen LogP contribution in [-0.2, 0) is 36.9 Å². The summed E-state index contributed by atoms with van der Waals surface area (Å²) in [6.45, 7) is 6.42. The first-order valence-corrected chi connectivity index (χ1v) is 22.3. The number of fused-ring (bicyclic) bond motifs is 3. The van der Waals surface area contributed by atoms with Gasteiger partial charge in [-0.1, -0.05) is 24.1 Å². The van der Waals surface area contributed by atoms with Crippen molar-refractivity contribution in [2.24, 2.45) is 16.8 Å². The molecule has 4 aliphatic heterocycles. The second-order valence-electron chi connectivity index (χ2n) is 17.6. The Kier molecular flexibility index (Phi) is 13.1. The SMILES string of the molecule is CCOC(=O)C1=C(C=O)C(=C2CC(CO)C(=O)C(c3ccc4c(c3)=CCN=4)C2)c2c(c(CO)c3c(c2OC2CCCCC2)CC(C(C)(O)C2CCN(CCCOC)CC2)O3)O1. The van der Waals surface area contributed by atoms with Crippen molar-refractivity contribution in [3.8, 4) is 17.2 Å². The lowest BCUT2D eigenvalue weighted by Gasteiger charge is -2.42. The summed E-state index contributed by atoms with van der Waals surface area (Å²) in [6, 6.07) is 5.77. The Morgan fingerprint density at radius 3 is 2.56 bits per heavy atom. The zero-order chi connectivity index (χ0) is 42.8. The molecule has 2 aromatic carbocycles. The van der Waals surface area contributed by atoms with Crippen LogP contribution in [0.1, 0.15) is 106 Å². The summed E-state index contributed by atoms with van der Waals surface area (Å²) in [5.74, 6) is -1.97. The number of Topliss-reactive ketones (excluding diaryl/α,β-unsaturated/α-hetero) is 1. The number of rotatable bonds is 14. The lowest BCUT2D eigenvalue weighted by Crippen LogP contribution is -2.52. The highest BCUT2D eigenvalue weighted by molar-refractivity contribution is 6.11. The summed E-state index contributed by atoms with van der Waals surface area (Å²) in [7, 11) is 1.71. The molecule has 3 N–H and O–H groups in total. The first-order valence-electron chi connectivity index (χ1n) is 22.3. The van der Waals surface area contributed by atoms with Gasteiger partial charge in [0.05, 0.1) is 54.5 Å². The molecule has 0 aromatic heterocycles. The molecule has 3 fully saturated rings. The van der Waals surface area contributed by atoms with E-state index in [1.807, 2.05) is 31.2 Å². The monoisotopic (exact) mass is 840 g/mol. The van der Waals surface area contributed by atoms with Crippen LogP contribution >= 0.6 is 0 Å². The molecule has 13 heteroatoms. The maximum atomic E-state index is 14.2. The van der Waals surface area contributed by atoms with E-state index in [0.717, 1.165) is 87.1 Å². The number of methoxy groups -OCH3 is 1. The molecule has 328 valence electrons. The summed E-state index contributed by atoms with van der Waals surface area (Å²) in [5.41, 5.74) is 1.82. The van der Waals surface area contributed by atoms with Gasteiger partial charge in [-0.15, -0.1) is 0 Å². The fraction of sp³-hybridized carbons (Fsp3) is 0.583. The highest BCUT2D eigenvalue weighted by Crippen LogP contribution is 2.57. The van der Waals surface area contributed by atoms with Gasteiger partial charge >= 0.3 is 5.97 Å². The van der Waals surface area contributed by atoms with Crippen LogP contribution in [0.15, 0.2) is 40.1 Å². The van der Waals surface area contributed by atoms with E-state index < -0.39 is 42.7 Å². The molecule has 2 aromatic rings. The van der Waals surface area contributed by atoms with Crippen LogP contribution in [0.25, 0.3) is 11.6 Å². The Hall–Kier alpha value is -4.40. The Morgan fingerprint density at radius 2 is 1.85 bits per heavy atom. The summed E-state index contributed by atoms with van der Waals surface area (Å²) in [5, 5.41) is 36.2. The molecule has 1 saturated heterocycles. The normalized spacial score (nSPS) is 25.3. The Morgan fingerprint density at radius 1 is 1.07 bits per heavy atom. The number of ether oxygens (including phenoxy) is 5. The van der Waals surface area contributed by atoms with Gasteiger partial charge in [-0.2, -0.15) is 0 Å². The van der Waals surface area contributed by atoms with E-state index in [1.165, 1.54) is 0 Å². The summed E-state index contributed by atoms with van der Waals surface area (Å²) in [4.78, 5) is 48.4. The third-order valence-electron chi connectivity index (χ3n) is 13.9. The van der Waals surface area contributed by atoms with Gasteiger partial charge in [0, 0.05) is 49.7 Å². The zero-order valence-corrected chi connectivity index (χ0v) is 35.7. The molecular weight excluding hydrogens is 781 g/mol. The van der Waals surface area contributed by atoms with Crippen molar-refractivity contribution in [3.05, 3.63) is 67.9 Å². The molecule has 2 aliphatic carbocycles. The first kappa shape index (κ1) is 43.3. The molecule has 61 heavy (non-hydrogen) atoms. The van der Waals surface area contributed by atoms with Crippen LogP contribution in [0.2, 0.25) is 0 Å². The van der Waals surface area contributed by atoms with E-state index in [9.17, 15) is 29.7 Å². The number of aliphatic hydroxyl groups excluding tert-OH is 2. The van der Waals surface area contributed by atoms with Crippen LogP contribution in [0.5, 0.6) is 17.2 Å². The smallest absolute Gasteiger partial charge is 0.375 e. The van der Waals surface area contributed by atoms with E-state index in [0.29, 0.717) is 53.2 Å². The number of esters is 1. The number of carbonyl (C=O) groups is 3. The minimum absolute atomic E-state index is 0.0143. The molecule has 8 rings (SSSR count). The molecule has 0 spiro atoms. The highest BCUT2D eigenvalue weighted by atomic mass is 16.6. The fourth-order valence-corrected chi connectivity index (χ4v) is 10.5. The van der Waals surface area contributed by atoms with Crippen molar-refractivity contribution < 1.29 is 53.4 Å². The molecule has 2 saturated carbocycles. The molecule has 6 aliphatic rings. The lowest BCUT2D eigenvalue weighted by atomic mass is 9.71. The van der Waals surface area contributed by atoms with E-state index >= 15 is 0 Å². The molecule has 4 atom stereocenters. The number of likely N-dealkylation sites (tertiary alicyclic amines) is 1. The number of piperidine rings is 1. The van der Waals surface area contributed by atoms with Gasteiger partial charge in [0.2, 0.25) is 5.76 Å². The molecule has 4 heterocycles. The van der Waals surface area contributed by atoms with Gasteiger partial charge in [-0.3, -0.25) is 14.6 Å². The average Bonchev–Trinajstić information content (AvgIpc) is 3.95. The summed E-state index contributed by atoms with van der Waals surface area (Å²) in [6.07, 6.45) is 9.45. The number of nitrogens with zero attached hydrogens (tertiary/aromatic N) is 2. The minimum Gasteiger partial charge on any atom is -0.489 e. The van der Waals surface area contributed by atoms with Crippen molar-refractivity contribution in [1.82, 2.24) is 4.90 Å². The van der Waals surface area contributed by atoms with Crippen LogP contribution < -0.4 is 24.8 Å². The van der Waals surface area contributed by atoms with Crippen LogP contribution in [0, 0.1) is 11.8 Å². The fourth-order valence-electron chi connectivity index (χ4n) is 10.5. The molecule has 0 bridgehead atoms. The van der Waals surface area contributed by atoms with E-state index in [4.69, 9.17) is 23.7 Å². The van der Waals surface area contributed by atoms with E-state index in [-0.39, 0.29) is 66.3 Å². The summed E-state index contributed by atoms with van der Waals surface area (Å²) >= 11 is 0. The quantitative estimate of drug-likeness (QED) is 0.142. The number of aliphatic hydroxyl groups is 3. The van der Waals surface area contributed by atoms with Crippen molar-refractivity contribution in [2.75, 3.05) is 53.1 Å². The third kappa shape index (κ3) is 8.32. The number of allylic oxidation sites excluding steroid dienone is 3. The van der Waals surface area contributed by atoms with Crippen molar-refractivity contribution in [1.29, 1.82) is 0 Å². The Balaban J connectivity index is 1.28. The topological polar surface area (TPSA) is 174 Å². The van der Waals surface area contributed by atoms with Gasteiger partial charge < -0.3 is 43.9 Å². The van der Waals surface area contributed by atoms with Gasteiger partial charge in [-0.25, -0.2) is 4.79 Å². The maximum Gasteiger partial charge on any atom is 0.375 e. The van der Waals surface area contributed by atoms with Gasteiger partial charge in [0.25, 0.3) is 0 Å². The van der Waals surface area contributed by atoms with Gasteiger partial charge in [0.15, 0.2) is 6.29 Å². The van der Waals surface area contributed by atoms with E-state index in [1.54, 1.807) is 14.0 Å². The molecular formula is C48H60N2O11. The van der Waals surface area contributed by atoms with Crippen LogP contribution in [0.4, 0.5) is 0 Å². The van der Waals surface area contributed by atoms with Gasteiger partial charge in [-0.05, 0) is 114 Å². The number of hydrogen-bond acceptors (Lipinski definition) is 13. The number of aldehydes is 1. The molecule has 0 radical (unpaired) electrons. The van der Waals surface area contributed by atoms with Crippen molar-refractivity contribution in [2.45, 2.75) is 115 Å². The molecule has 0 amide bonds. The van der Waals surface area contributed by atoms with Crippen molar-refractivity contribution >= 4 is 29.7 Å². The number of benzene rings is 2. The second kappa shape index (κ2) is 18.5. The van der Waals surface area contributed by atoms with Crippen LogP contribution in [0.3, 0.4) is 0 Å². The van der Waals surface area contributed by atoms with Crippen molar-refractivity contribution in [3.63, 3.8) is 0 Å². The Bertz CT molecular complexity index is 2210. The largest absolute Gasteiger partial charge is 0.489 e. The first-order chi connectivity index (χ1) is 29.6. The number of ketones is 1. The predicted octanol–water partition coefficient (Wildman–Crippen LogP) is 4.02. The number of carbonyl (C=O) groups excluding carboxylic acids is 3. The predicted molar refractivity (Wildman–Crippen MR) is 226 cm³/mol. The molecule has 4 unspecified atom stereocenters. The lowest BCUT2D eigenvalue weighted by molar-refractivity contribution is -0.141. The van der Waals surface area contributed by atoms with Gasteiger partial charge in [0.1, 0.15) is 34.7 Å². The number of hydrogen-bond donors (Lipinski definition) is 3. The average molecular weight is 841 g/mol. The minimum atomic E-state index is -1.26. The Labute approximate surface area is 357 Å². The molecule has 13 nitrogen and oxygen atoms in total. The highest BCUT2D eigenvalue weighted by Gasteiger charge is 2.50. The summed E-state index contributed by atoms with van der Waals surface area (Å²) < 4.78 is 31.1.